The lowest BCUT2D eigenvalue weighted by molar-refractivity contribution is -0.165. The zero-order valence-electron chi connectivity index (χ0n) is 14.2. The number of aliphatic carboxylic acids is 2. The first-order valence-corrected chi connectivity index (χ1v) is 7.58. The third-order valence-corrected chi connectivity index (χ3v) is 2.68. The molecule has 0 spiro atoms. The molecule has 0 aliphatic carbocycles. The zero-order valence-corrected chi connectivity index (χ0v) is 14.2. The average molecular weight is 357 g/mol. The zero-order chi connectivity index (χ0) is 19.2. The lowest BCUT2D eigenvalue weighted by Crippen LogP contribution is -2.25. The second-order valence-electron chi connectivity index (χ2n) is 5.36. The van der Waals surface area contributed by atoms with Gasteiger partial charge in [0, 0.05) is 30.7 Å². The molecule has 1 aliphatic rings. The molecule has 0 unspecified atom stereocenters. The lowest BCUT2D eigenvalue weighted by atomic mass is 10.1. The summed E-state index contributed by atoms with van der Waals surface area (Å²) in [5.74, 6) is -3.01. The number of esters is 2. The minimum absolute atomic E-state index is 0.241. The number of carboxylic acid groups (broad SMARTS) is 2. The molecule has 0 radical (unpaired) electrons. The molecule has 0 bridgehead atoms. The standard InChI is InChI=1S/C12H19NO4.C4H4O4/c1-9(2)7-11(14)16-8-17-12(15)10-3-5-13-6-4-10;5-3(6)1-2-4(7)8/h3,9,13H,4-8H2,1-2H3;1-2H,(H,5,6)(H,7,8)/b;2-1+. The maximum absolute atomic E-state index is 11.5. The highest BCUT2D eigenvalue weighted by atomic mass is 16.7. The molecule has 3 N–H and O–H groups in total. The fraction of sp³-hybridized carbons (Fsp3) is 0.500. The van der Waals surface area contributed by atoms with Gasteiger partial charge >= 0.3 is 23.9 Å². The normalized spacial score (nSPS) is 13.5. The van der Waals surface area contributed by atoms with Crippen molar-refractivity contribution in [2.75, 3.05) is 19.9 Å². The van der Waals surface area contributed by atoms with Crippen LogP contribution in [0.15, 0.2) is 23.8 Å². The van der Waals surface area contributed by atoms with Crippen molar-refractivity contribution in [2.45, 2.75) is 26.7 Å². The monoisotopic (exact) mass is 357 g/mol. The molecule has 0 aromatic heterocycles. The van der Waals surface area contributed by atoms with Gasteiger partial charge in [-0.25, -0.2) is 14.4 Å². The van der Waals surface area contributed by atoms with E-state index in [0.717, 1.165) is 6.54 Å². The van der Waals surface area contributed by atoms with Gasteiger partial charge in [0.2, 0.25) is 6.79 Å². The summed E-state index contributed by atoms with van der Waals surface area (Å²) in [5.41, 5.74) is 0.642. The van der Waals surface area contributed by atoms with Crippen molar-refractivity contribution in [1.29, 1.82) is 0 Å². The Balaban J connectivity index is 0.000000609. The molecule has 0 atom stereocenters. The minimum Gasteiger partial charge on any atom is -0.478 e. The Morgan fingerprint density at radius 1 is 1.16 bits per heavy atom. The molecule has 0 amide bonds. The van der Waals surface area contributed by atoms with Crippen LogP contribution in [0.1, 0.15) is 26.7 Å². The van der Waals surface area contributed by atoms with Crippen LogP contribution in [0.3, 0.4) is 0 Å². The van der Waals surface area contributed by atoms with E-state index in [9.17, 15) is 19.2 Å². The van der Waals surface area contributed by atoms with Gasteiger partial charge in [0.05, 0.1) is 0 Å². The smallest absolute Gasteiger partial charge is 0.336 e. The number of hydrogen-bond donors (Lipinski definition) is 3. The van der Waals surface area contributed by atoms with E-state index < -0.39 is 17.9 Å². The molecular weight excluding hydrogens is 334 g/mol. The van der Waals surface area contributed by atoms with Crippen molar-refractivity contribution >= 4 is 23.9 Å². The van der Waals surface area contributed by atoms with Gasteiger partial charge in [-0.1, -0.05) is 19.9 Å². The van der Waals surface area contributed by atoms with E-state index in [-0.39, 0.29) is 18.7 Å². The third-order valence-electron chi connectivity index (χ3n) is 2.68. The van der Waals surface area contributed by atoms with Gasteiger partial charge in [0.1, 0.15) is 0 Å². The molecule has 0 saturated carbocycles. The maximum Gasteiger partial charge on any atom is 0.336 e. The Bertz CT molecular complexity index is 520. The van der Waals surface area contributed by atoms with Crippen LogP contribution in [0.4, 0.5) is 0 Å². The van der Waals surface area contributed by atoms with Crippen molar-refractivity contribution < 1.29 is 38.9 Å². The number of ether oxygens (including phenoxy) is 2. The van der Waals surface area contributed by atoms with Crippen LogP contribution in [-0.4, -0.2) is 54.0 Å². The Kier molecular flexibility index (Phi) is 11.3. The summed E-state index contributed by atoms with van der Waals surface area (Å²) < 4.78 is 9.65. The molecule has 25 heavy (non-hydrogen) atoms. The van der Waals surface area contributed by atoms with Gasteiger partial charge in [-0.15, -0.1) is 0 Å². The number of carbonyl (C=O) groups is 4. The topological polar surface area (TPSA) is 139 Å². The predicted octanol–water partition coefficient (Wildman–Crippen LogP) is 0.708. The molecule has 9 nitrogen and oxygen atoms in total. The second-order valence-corrected chi connectivity index (χ2v) is 5.36. The predicted molar refractivity (Wildman–Crippen MR) is 86.5 cm³/mol. The Morgan fingerprint density at radius 3 is 2.20 bits per heavy atom. The third kappa shape index (κ3) is 13.5. The Morgan fingerprint density at radius 2 is 1.76 bits per heavy atom. The Hall–Kier alpha value is -2.68. The van der Waals surface area contributed by atoms with Gasteiger partial charge in [-0.2, -0.15) is 0 Å². The first kappa shape index (κ1) is 22.3. The van der Waals surface area contributed by atoms with E-state index in [1.54, 1.807) is 6.08 Å². The molecule has 1 rings (SSSR count). The van der Waals surface area contributed by atoms with E-state index in [2.05, 4.69) is 5.32 Å². The van der Waals surface area contributed by atoms with E-state index in [4.69, 9.17) is 19.7 Å². The van der Waals surface area contributed by atoms with Crippen molar-refractivity contribution in [3.05, 3.63) is 23.8 Å². The number of hydrogen-bond acceptors (Lipinski definition) is 7. The summed E-state index contributed by atoms with van der Waals surface area (Å²) in [6.07, 6.45) is 3.90. The molecule has 0 aromatic rings. The molecule has 0 fully saturated rings. The maximum atomic E-state index is 11.5. The number of rotatable bonds is 7. The van der Waals surface area contributed by atoms with Crippen LogP contribution in [0.2, 0.25) is 0 Å². The van der Waals surface area contributed by atoms with Gasteiger partial charge in [0.25, 0.3) is 0 Å². The first-order valence-electron chi connectivity index (χ1n) is 7.58. The lowest BCUT2D eigenvalue weighted by Gasteiger charge is -2.13. The number of carboxylic acids is 2. The van der Waals surface area contributed by atoms with Gasteiger partial charge in [-0.3, -0.25) is 4.79 Å². The quantitative estimate of drug-likeness (QED) is 0.341. The fourth-order valence-corrected chi connectivity index (χ4v) is 1.58. The highest BCUT2D eigenvalue weighted by molar-refractivity contribution is 5.89. The van der Waals surface area contributed by atoms with Crippen LogP contribution in [-0.2, 0) is 28.7 Å². The van der Waals surface area contributed by atoms with E-state index >= 15 is 0 Å². The number of carbonyl (C=O) groups excluding carboxylic acids is 2. The van der Waals surface area contributed by atoms with Crippen LogP contribution >= 0.6 is 0 Å². The molecule has 140 valence electrons. The SMILES string of the molecule is CC(C)CC(=O)OCOC(=O)C1=CCNCC1.O=C(O)/C=C/C(=O)O. The number of nitrogens with one attached hydrogen (secondary N) is 1. The molecule has 0 aromatic carbocycles. The van der Waals surface area contributed by atoms with E-state index in [1.807, 2.05) is 13.8 Å². The van der Waals surface area contributed by atoms with Crippen molar-refractivity contribution in [3.63, 3.8) is 0 Å². The highest BCUT2D eigenvalue weighted by Crippen LogP contribution is 2.07. The highest BCUT2D eigenvalue weighted by Gasteiger charge is 2.14. The summed E-state index contributed by atoms with van der Waals surface area (Å²) in [6, 6.07) is 0. The van der Waals surface area contributed by atoms with Crippen molar-refractivity contribution in [2.24, 2.45) is 5.92 Å². The van der Waals surface area contributed by atoms with Gasteiger partial charge in [-0.05, 0) is 18.9 Å². The summed E-state index contributed by atoms with van der Waals surface area (Å²) >= 11 is 0. The molecular formula is C16H23NO8. The minimum atomic E-state index is -1.26. The molecule has 0 saturated heterocycles. The van der Waals surface area contributed by atoms with E-state index in [1.165, 1.54) is 0 Å². The van der Waals surface area contributed by atoms with Gasteiger partial charge < -0.3 is 25.0 Å². The van der Waals surface area contributed by atoms with Gasteiger partial charge in [0.15, 0.2) is 0 Å². The summed E-state index contributed by atoms with van der Waals surface area (Å²) in [6.45, 7) is 5.00. The molecule has 9 heteroatoms. The van der Waals surface area contributed by atoms with E-state index in [0.29, 0.717) is 37.1 Å². The average Bonchev–Trinajstić information content (AvgIpc) is 2.53. The molecule has 1 heterocycles. The largest absolute Gasteiger partial charge is 0.478 e. The van der Waals surface area contributed by atoms with Crippen molar-refractivity contribution in [3.8, 4) is 0 Å². The molecule has 1 aliphatic heterocycles. The Labute approximate surface area is 145 Å². The fourth-order valence-electron chi connectivity index (χ4n) is 1.58. The second kappa shape index (κ2) is 12.7. The van der Waals surface area contributed by atoms with Crippen LogP contribution in [0.5, 0.6) is 0 Å². The van der Waals surface area contributed by atoms with Crippen LogP contribution in [0.25, 0.3) is 0 Å². The van der Waals surface area contributed by atoms with Crippen molar-refractivity contribution in [1.82, 2.24) is 5.32 Å². The van der Waals surface area contributed by atoms with Crippen LogP contribution in [0, 0.1) is 5.92 Å². The first-order chi connectivity index (χ1) is 11.7. The summed E-state index contributed by atoms with van der Waals surface area (Å²) in [5, 5.41) is 18.7. The summed E-state index contributed by atoms with van der Waals surface area (Å²) in [4.78, 5) is 41.8. The summed E-state index contributed by atoms with van der Waals surface area (Å²) in [7, 11) is 0. The van der Waals surface area contributed by atoms with Crippen LogP contribution < -0.4 is 5.32 Å².